The number of carbonyl (C=O) groups excluding carboxylic acids is 1. The molecular weight excluding hydrogens is 426 g/mol. The second-order valence-electron chi connectivity index (χ2n) is 5.21. The van der Waals surface area contributed by atoms with Gasteiger partial charge in [-0.3, -0.25) is 9.78 Å². The number of aryl methyl sites for hydroxylation is 1. The summed E-state index contributed by atoms with van der Waals surface area (Å²) in [6.45, 7) is 1.89. The second-order valence-corrected chi connectivity index (χ2v) is 6.75. The van der Waals surface area contributed by atoms with E-state index in [9.17, 15) is 9.18 Å². The fraction of sp³-hybridized carbons (Fsp3) is 0.0556. The molecule has 0 bridgehead atoms. The molecule has 1 heterocycles. The van der Waals surface area contributed by atoms with Crippen molar-refractivity contribution in [1.29, 1.82) is 0 Å². The molecule has 4 N–H and O–H groups in total. The summed E-state index contributed by atoms with van der Waals surface area (Å²) in [4.78, 5) is 19.3. The standard InChI is InChI=1S/C12H12N4O.C6H4F.Sn/c1-7-4-10-5-8(11(17)16-12(13)14)2-3-9(10)6-15-7;7-6-4-2-1-3-5-6;/h2-6H,1H3,(H4,13,14,16,17);1-4H;. The van der Waals surface area contributed by atoms with Crippen LogP contribution in [-0.4, -0.2) is 39.4 Å². The molecule has 5 nitrogen and oxygen atoms in total. The first-order chi connectivity index (χ1) is 11.9. The van der Waals surface area contributed by atoms with Crippen LogP contribution in [0.5, 0.6) is 0 Å². The normalized spacial score (nSPS) is 9.88. The van der Waals surface area contributed by atoms with Crippen LogP contribution >= 0.6 is 0 Å². The third kappa shape index (κ3) is 5.53. The molecule has 0 fully saturated rings. The Labute approximate surface area is 158 Å². The number of fused-ring (bicyclic) bond motifs is 1. The number of amides is 1. The molecule has 0 aliphatic rings. The zero-order chi connectivity index (χ0) is 18.4. The van der Waals surface area contributed by atoms with Gasteiger partial charge in [0.1, 0.15) is 0 Å². The second kappa shape index (κ2) is 8.57. The van der Waals surface area contributed by atoms with E-state index in [-0.39, 0.29) is 11.8 Å². The van der Waals surface area contributed by atoms with Gasteiger partial charge in [0.2, 0.25) is 0 Å². The van der Waals surface area contributed by atoms with E-state index < -0.39 is 5.91 Å². The Kier molecular flexibility index (Phi) is 6.46. The third-order valence-electron chi connectivity index (χ3n) is 3.21. The van der Waals surface area contributed by atoms with Crippen LogP contribution in [0.2, 0.25) is 0 Å². The van der Waals surface area contributed by atoms with Crippen molar-refractivity contribution in [3.63, 3.8) is 0 Å². The Morgan fingerprint density at radius 3 is 2.44 bits per heavy atom. The molecule has 0 atom stereocenters. The number of aliphatic imine (C=N–C) groups is 1. The molecule has 0 saturated carbocycles. The van der Waals surface area contributed by atoms with Gasteiger partial charge in [-0.15, -0.1) is 0 Å². The van der Waals surface area contributed by atoms with Gasteiger partial charge < -0.3 is 11.5 Å². The van der Waals surface area contributed by atoms with Gasteiger partial charge >= 0.3 is 60.6 Å². The van der Waals surface area contributed by atoms with Crippen LogP contribution < -0.4 is 15.0 Å². The number of rotatable bonds is 1. The molecule has 1 amide bonds. The molecular formula is C18H16FN4OSn. The number of hydrogen-bond acceptors (Lipinski definition) is 2. The molecule has 0 spiro atoms. The summed E-state index contributed by atoms with van der Waals surface area (Å²) in [5.74, 6) is -0.770. The Morgan fingerprint density at radius 1 is 1.12 bits per heavy atom. The number of hydrogen-bond donors (Lipinski definition) is 2. The van der Waals surface area contributed by atoms with Crippen LogP contribution in [-0.2, 0) is 0 Å². The fourth-order valence-corrected chi connectivity index (χ4v) is 2.54. The molecule has 0 saturated heterocycles. The SMILES string of the molecule is Cc1cc2cc(C(=O)N=C(N)N)ccc2cn1.Fc1cccc[c]1[Sn]. The van der Waals surface area contributed by atoms with Crippen molar-refractivity contribution in [3.05, 3.63) is 71.8 Å². The molecule has 125 valence electrons. The van der Waals surface area contributed by atoms with E-state index in [2.05, 4.69) is 9.98 Å². The minimum absolute atomic E-state index is 0.0919. The number of halogens is 1. The number of pyridine rings is 1. The summed E-state index contributed by atoms with van der Waals surface area (Å²) in [5, 5.41) is 1.91. The van der Waals surface area contributed by atoms with Crippen LogP contribution in [0.25, 0.3) is 10.8 Å². The van der Waals surface area contributed by atoms with Crippen molar-refractivity contribution in [1.82, 2.24) is 4.98 Å². The minimum atomic E-state index is -0.443. The number of guanidine groups is 1. The average Bonchev–Trinajstić information content (AvgIpc) is 2.57. The van der Waals surface area contributed by atoms with Gasteiger partial charge in [0, 0.05) is 22.8 Å². The van der Waals surface area contributed by atoms with Crippen molar-refractivity contribution in [3.8, 4) is 0 Å². The summed E-state index contributed by atoms with van der Waals surface area (Å²) < 4.78 is 13.1. The summed E-state index contributed by atoms with van der Waals surface area (Å²) in [6, 6.07) is 13.9. The van der Waals surface area contributed by atoms with Gasteiger partial charge in [0.15, 0.2) is 5.96 Å². The predicted octanol–water partition coefficient (Wildman–Crippen LogP) is 1.58. The Balaban J connectivity index is 0.000000236. The van der Waals surface area contributed by atoms with Crippen LogP contribution in [0.3, 0.4) is 0 Å². The maximum atomic E-state index is 12.3. The molecule has 3 aromatic rings. The van der Waals surface area contributed by atoms with E-state index >= 15 is 0 Å². The van der Waals surface area contributed by atoms with Gasteiger partial charge in [0.05, 0.1) is 0 Å². The van der Waals surface area contributed by atoms with E-state index in [4.69, 9.17) is 11.5 Å². The first-order valence-corrected chi connectivity index (χ1v) is 8.76. The number of benzene rings is 2. The zero-order valence-electron chi connectivity index (χ0n) is 13.5. The quantitative estimate of drug-likeness (QED) is 0.340. The van der Waals surface area contributed by atoms with E-state index in [1.807, 2.05) is 25.1 Å². The van der Waals surface area contributed by atoms with Gasteiger partial charge in [-0.05, 0) is 30.5 Å². The number of aromatic nitrogens is 1. The van der Waals surface area contributed by atoms with Crippen LogP contribution in [0.1, 0.15) is 16.1 Å². The summed E-state index contributed by atoms with van der Waals surface area (Å²) in [5.41, 5.74) is 11.7. The van der Waals surface area contributed by atoms with Crippen molar-refractivity contribution in [2.45, 2.75) is 6.92 Å². The topological polar surface area (TPSA) is 94.4 Å². The van der Waals surface area contributed by atoms with E-state index in [1.165, 1.54) is 6.07 Å². The molecule has 3 radical (unpaired) electrons. The molecule has 1 aromatic heterocycles. The summed E-state index contributed by atoms with van der Waals surface area (Å²) in [6.07, 6.45) is 1.76. The predicted molar refractivity (Wildman–Crippen MR) is 98.4 cm³/mol. The van der Waals surface area contributed by atoms with Gasteiger partial charge in [0.25, 0.3) is 5.91 Å². The zero-order valence-corrected chi connectivity index (χ0v) is 16.4. The van der Waals surface area contributed by atoms with Gasteiger partial charge in [-0.25, -0.2) is 0 Å². The Bertz CT molecular complexity index is 918. The number of carbonyl (C=O) groups is 1. The molecule has 2 aromatic carbocycles. The molecule has 7 heteroatoms. The molecule has 0 aliphatic carbocycles. The molecule has 0 aliphatic heterocycles. The van der Waals surface area contributed by atoms with E-state index in [1.54, 1.807) is 30.5 Å². The molecule has 3 rings (SSSR count). The monoisotopic (exact) mass is 443 g/mol. The van der Waals surface area contributed by atoms with Crippen LogP contribution in [0, 0.1) is 12.7 Å². The van der Waals surface area contributed by atoms with Gasteiger partial charge in [-0.1, -0.05) is 6.07 Å². The maximum absolute atomic E-state index is 12.3. The first kappa shape index (κ1) is 18.9. The van der Waals surface area contributed by atoms with Crippen molar-refractivity contribution < 1.29 is 9.18 Å². The van der Waals surface area contributed by atoms with Crippen molar-refractivity contribution in [2.24, 2.45) is 16.5 Å². The third-order valence-corrected chi connectivity index (χ3v) is 4.37. The average molecular weight is 442 g/mol. The Hall–Kier alpha value is -2.48. The summed E-state index contributed by atoms with van der Waals surface area (Å²) in [7, 11) is 0. The molecule has 0 unspecified atom stereocenters. The number of nitrogens with zero attached hydrogens (tertiary/aromatic N) is 2. The summed E-state index contributed by atoms with van der Waals surface area (Å²) >= 11 is 1.13. The van der Waals surface area contributed by atoms with Crippen molar-refractivity contribution >= 4 is 48.7 Å². The van der Waals surface area contributed by atoms with Crippen molar-refractivity contribution in [2.75, 3.05) is 0 Å². The molecule has 25 heavy (non-hydrogen) atoms. The van der Waals surface area contributed by atoms with Gasteiger partial charge in [-0.2, -0.15) is 4.99 Å². The van der Waals surface area contributed by atoms with Crippen LogP contribution in [0.15, 0.2) is 59.7 Å². The van der Waals surface area contributed by atoms with Crippen LogP contribution in [0.4, 0.5) is 4.39 Å². The fourth-order valence-electron chi connectivity index (χ4n) is 2.03. The number of nitrogens with two attached hydrogens (primary N) is 2. The first-order valence-electron chi connectivity index (χ1n) is 7.33. The van der Waals surface area contributed by atoms with E-state index in [0.717, 1.165) is 42.6 Å². The van der Waals surface area contributed by atoms with E-state index in [0.29, 0.717) is 5.56 Å². The Morgan fingerprint density at radius 2 is 1.84 bits per heavy atom.